The van der Waals surface area contributed by atoms with Crippen LogP contribution >= 0.6 is 11.6 Å². The average Bonchev–Trinajstić information content (AvgIpc) is 2.90. The molecule has 23 heavy (non-hydrogen) atoms. The Morgan fingerprint density at radius 3 is 2.65 bits per heavy atom. The van der Waals surface area contributed by atoms with E-state index in [-0.39, 0.29) is 0 Å². The molecule has 4 heteroatoms. The molecule has 3 nitrogen and oxygen atoms in total. The molecule has 4 aromatic rings. The summed E-state index contributed by atoms with van der Waals surface area (Å²) in [5, 5.41) is 4.22. The highest BCUT2D eigenvalue weighted by Gasteiger charge is 2.22. The minimum Gasteiger partial charge on any atom is -0.353 e. The van der Waals surface area contributed by atoms with Gasteiger partial charge >= 0.3 is 0 Å². The van der Waals surface area contributed by atoms with Gasteiger partial charge in [-0.2, -0.15) is 0 Å². The normalized spacial score (nSPS) is 12.0. The lowest BCUT2D eigenvalue weighted by molar-refractivity contribution is 1.11. The number of rotatable bonds is 0. The molecule has 5 rings (SSSR count). The topological polar surface area (TPSA) is 29.9 Å². The van der Waals surface area contributed by atoms with Crippen molar-refractivity contribution >= 4 is 34.0 Å². The first-order chi connectivity index (χ1) is 11.3. The largest absolute Gasteiger partial charge is 0.353 e. The number of aromatic nitrogens is 2. The quantitative estimate of drug-likeness (QED) is 0.414. The molecular weight excluding hydrogens is 306 g/mol. The van der Waals surface area contributed by atoms with Crippen molar-refractivity contribution in [1.29, 1.82) is 0 Å². The third-order valence-electron chi connectivity index (χ3n) is 4.20. The van der Waals surface area contributed by atoms with Crippen molar-refractivity contribution in [3.63, 3.8) is 0 Å². The van der Waals surface area contributed by atoms with Gasteiger partial charge in [-0.05, 0) is 42.5 Å². The molecule has 0 radical (unpaired) electrons. The Bertz CT molecular complexity index is 1070. The number of halogens is 1. The number of anilines is 2. The maximum Gasteiger partial charge on any atom is 0.147 e. The third-order valence-corrected chi connectivity index (χ3v) is 4.43. The van der Waals surface area contributed by atoms with Crippen LogP contribution in [0.5, 0.6) is 0 Å². The average molecular weight is 318 g/mol. The monoisotopic (exact) mass is 317 g/mol. The maximum atomic E-state index is 6.26. The van der Waals surface area contributed by atoms with E-state index in [1.807, 2.05) is 48.5 Å². The van der Waals surface area contributed by atoms with Gasteiger partial charge in [0.15, 0.2) is 0 Å². The molecule has 0 fully saturated rings. The summed E-state index contributed by atoms with van der Waals surface area (Å²) < 4.78 is 2.18. The summed E-state index contributed by atoms with van der Waals surface area (Å²) in [4.78, 5) is 4.86. The first-order valence-electron chi connectivity index (χ1n) is 7.45. The van der Waals surface area contributed by atoms with Crippen molar-refractivity contribution in [2.45, 2.75) is 0 Å². The smallest absolute Gasteiger partial charge is 0.147 e. The van der Waals surface area contributed by atoms with Gasteiger partial charge in [0, 0.05) is 16.3 Å². The van der Waals surface area contributed by atoms with E-state index in [0.717, 1.165) is 39.5 Å². The molecule has 110 valence electrons. The minimum atomic E-state index is 0.709. The van der Waals surface area contributed by atoms with Crippen molar-refractivity contribution in [2.24, 2.45) is 0 Å². The highest BCUT2D eigenvalue weighted by Crippen LogP contribution is 2.40. The molecule has 3 aromatic carbocycles. The molecule has 2 heterocycles. The van der Waals surface area contributed by atoms with Gasteiger partial charge in [-0.1, -0.05) is 35.9 Å². The van der Waals surface area contributed by atoms with Crippen LogP contribution in [0.25, 0.3) is 28.1 Å². The second-order valence-electron chi connectivity index (χ2n) is 5.59. The van der Waals surface area contributed by atoms with Crippen LogP contribution in [0.1, 0.15) is 0 Å². The Labute approximate surface area is 138 Å². The van der Waals surface area contributed by atoms with Gasteiger partial charge in [-0.3, -0.25) is 4.57 Å². The maximum absolute atomic E-state index is 6.26. The lowest BCUT2D eigenvalue weighted by Crippen LogP contribution is -1.97. The zero-order chi connectivity index (χ0) is 15.4. The lowest BCUT2D eigenvalue weighted by Gasteiger charge is -2.11. The molecule has 0 amide bonds. The van der Waals surface area contributed by atoms with E-state index in [1.165, 1.54) is 0 Å². The highest BCUT2D eigenvalue weighted by atomic mass is 35.5. The van der Waals surface area contributed by atoms with Crippen molar-refractivity contribution in [1.82, 2.24) is 9.55 Å². The Morgan fingerprint density at radius 2 is 1.70 bits per heavy atom. The number of hydrogen-bond acceptors (Lipinski definition) is 2. The first-order valence-corrected chi connectivity index (χ1v) is 7.83. The minimum absolute atomic E-state index is 0.709. The molecule has 0 atom stereocenters. The van der Waals surface area contributed by atoms with Crippen LogP contribution in [0.3, 0.4) is 0 Å². The third kappa shape index (κ3) is 1.80. The zero-order valence-corrected chi connectivity index (χ0v) is 12.9. The van der Waals surface area contributed by atoms with E-state index in [4.69, 9.17) is 16.6 Å². The van der Waals surface area contributed by atoms with E-state index >= 15 is 0 Å². The van der Waals surface area contributed by atoms with Crippen molar-refractivity contribution in [2.75, 3.05) is 5.32 Å². The fraction of sp³-hybridized carbons (Fsp3) is 0. The molecule has 1 aromatic heterocycles. The molecule has 1 N–H and O–H groups in total. The van der Waals surface area contributed by atoms with Crippen LogP contribution in [0.4, 0.5) is 11.4 Å². The zero-order valence-electron chi connectivity index (χ0n) is 12.1. The van der Waals surface area contributed by atoms with Crippen molar-refractivity contribution in [3.8, 4) is 17.1 Å². The van der Waals surface area contributed by atoms with Crippen molar-refractivity contribution < 1.29 is 0 Å². The number of hydrogen-bond donors (Lipinski definition) is 1. The molecule has 0 unspecified atom stereocenters. The van der Waals surface area contributed by atoms with Gasteiger partial charge in [-0.25, -0.2) is 4.98 Å². The fourth-order valence-corrected chi connectivity index (χ4v) is 3.34. The van der Waals surface area contributed by atoms with Crippen LogP contribution in [0, 0.1) is 0 Å². The van der Waals surface area contributed by atoms with Gasteiger partial charge in [0.2, 0.25) is 0 Å². The Kier molecular flexibility index (Phi) is 2.55. The van der Waals surface area contributed by atoms with Gasteiger partial charge in [0.1, 0.15) is 5.82 Å². The van der Waals surface area contributed by atoms with Crippen LogP contribution < -0.4 is 5.32 Å². The van der Waals surface area contributed by atoms with E-state index < -0.39 is 0 Å². The summed E-state index contributed by atoms with van der Waals surface area (Å²) in [5.74, 6) is 0.926. The molecule has 1 aliphatic rings. The number of benzene rings is 3. The first kappa shape index (κ1) is 12.7. The summed E-state index contributed by atoms with van der Waals surface area (Å²) in [7, 11) is 0. The number of nitrogens with zero attached hydrogens (tertiary/aromatic N) is 2. The molecule has 0 saturated carbocycles. The molecule has 0 spiro atoms. The van der Waals surface area contributed by atoms with E-state index in [1.54, 1.807) is 0 Å². The molecule has 0 saturated heterocycles. The van der Waals surface area contributed by atoms with Crippen LogP contribution in [0.15, 0.2) is 66.7 Å². The van der Waals surface area contributed by atoms with Crippen LogP contribution in [-0.4, -0.2) is 9.55 Å². The van der Waals surface area contributed by atoms with Gasteiger partial charge < -0.3 is 5.32 Å². The standard InChI is InChI=1S/C19H12ClN3/c20-12-9-10-16-18(11-12)23-17-8-4-3-7-15(17)22-19(23)13-5-1-2-6-14(13)21-16/h1-11,21H. The van der Waals surface area contributed by atoms with E-state index in [9.17, 15) is 0 Å². The Balaban J connectivity index is 1.99. The van der Waals surface area contributed by atoms with Crippen molar-refractivity contribution in [3.05, 3.63) is 71.8 Å². The Morgan fingerprint density at radius 1 is 0.870 bits per heavy atom. The summed E-state index contributed by atoms with van der Waals surface area (Å²) in [6.45, 7) is 0. The summed E-state index contributed by atoms with van der Waals surface area (Å²) in [6, 6.07) is 22.3. The lowest BCUT2D eigenvalue weighted by atomic mass is 10.1. The number of fused-ring (bicyclic) bond motifs is 7. The van der Waals surface area contributed by atoms with E-state index in [2.05, 4.69) is 28.1 Å². The fourth-order valence-electron chi connectivity index (χ4n) is 3.18. The van der Waals surface area contributed by atoms with Gasteiger partial charge in [0.25, 0.3) is 0 Å². The SMILES string of the molecule is Clc1ccc2c(c1)-n1c(nc3ccccc31)-c1ccccc1N2. The highest BCUT2D eigenvalue weighted by molar-refractivity contribution is 6.31. The molecular formula is C19H12ClN3. The number of para-hydroxylation sites is 3. The van der Waals surface area contributed by atoms with Gasteiger partial charge in [0.05, 0.1) is 22.4 Å². The molecule has 0 bridgehead atoms. The predicted octanol–water partition coefficient (Wildman–Crippen LogP) is 5.40. The predicted molar refractivity (Wildman–Crippen MR) is 94.8 cm³/mol. The second-order valence-corrected chi connectivity index (χ2v) is 6.03. The van der Waals surface area contributed by atoms with Crippen LogP contribution in [-0.2, 0) is 0 Å². The van der Waals surface area contributed by atoms with E-state index in [0.29, 0.717) is 5.02 Å². The van der Waals surface area contributed by atoms with Gasteiger partial charge in [-0.15, -0.1) is 0 Å². The number of imidazole rings is 1. The molecule has 1 aliphatic heterocycles. The molecule has 0 aliphatic carbocycles. The summed E-state index contributed by atoms with van der Waals surface area (Å²) in [6.07, 6.45) is 0. The second kappa shape index (κ2) is 4.61. The summed E-state index contributed by atoms with van der Waals surface area (Å²) in [5.41, 5.74) is 6.21. The Hall–Kier alpha value is -2.78. The summed E-state index contributed by atoms with van der Waals surface area (Å²) >= 11 is 6.26. The van der Waals surface area contributed by atoms with Crippen LogP contribution in [0.2, 0.25) is 5.02 Å². The number of nitrogens with one attached hydrogen (secondary N) is 1.